The minimum atomic E-state index is -0.669. The molecule has 0 aliphatic carbocycles. The third kappa shape index (κ3) is 6.53. The van der Waals surface area contributed by atoms with Gasteiger partial charge in [-0.15, -0.1) is 0 Å². The van der Waals surface area contributed by atoms with Crippen molar-refractivity contribution in [2.24, 2.45) is 0 Å². The number of carbonyl (C=O) groups is 2. The molecule has 0 fully saturated rings. The van der Waals surface area contributed by atoms with E-state index in [1.807, 2.05) is 18.2 Å². The molecule has 0 bridgehead atoms. The molecule has 0 aliphatic rings. The van der Waals surface area contributed by atoms with Gasteiger partial charge in [-0.05, 0) is 17.7 Å². The zero-order valence-electron chi connectivity index (χ0n) is 15.4. The van der Waals surface area contributed by atoms with E-state index < -0.39 is 5.97 Å². The van der Waals surface area contributed by atoms with Crippen LogP contribution in [-0.4, -0.2) is 45.0 Å². The number of hydrogen-bond acceptors (Lipinski definition) is 6. The first-order chi connectivity index (χ1) is 13.2. The number of carbonyl (C=O) groups excluding carboxylic acids is 2. The van der Waals surface area contributed by atoms with Crippen LogP contribution in [0.15, 0.2) is 48.5 Å². The zero-order valence-corrected chi connectivity index (χ0v) is 16.2. The molecule has 7 heteroatoms. The van der Waals surface area contributed by atoms with E-state index in [9.17, 15) is 9.59 Å². The Morgan fingerprint density at radius 2 is 1.63 bits per heavy atom. The smallest absolute Gasteiger partial charge is 0.346 e. The summed E-state index contributed by atoms with van der Waals surface area (Å²) >= 11 is 1.72. The molecule has 0 saturated heterocycles. The summed E-state index contributed by atoms with van der Waals surface area (Å²) in [6.07, 6.45) is 0. The highest BCUT2D eigenvalue weighted by molar-refractivity contribution is 7.98. The Labute approximate surface area is 163 Å². The van der Waals surface area contributed by atoms with E-state index in [0.29, 0.717) is 18.0 Å². The van der Waals surface area contributed by atoms with E-state index in [1.165, 1.54) is 19.8 Å². The molecule has 0 atom stereocenters. The van der Waals surface area contributed by atoms with Crippen molar-refractivity contribution in [2.75, 3.05) is 33.1 Å². The number of rotatable bonds is 10. The molecule has 1 amide bonds. The summed E-state index contributed by atoms with van der Waals surface area (Å²) in [5, 5.41) is 2.73. The van der Waals surface area contributed by atoms with Crippen LogP contribution in [-0.2, 0) is 15.3 Å². The third-order valence-corrected chi connectivity index (χ3v) is 4.68. The second-order valence-electron chi connectivity index (χ2n) is 5.50. The fourth-order valence-corrected chi connectivity index (χ4v) is 3.15. The van der Waals surface area contributed by atoms with Crippen LogP contribution in [0.3, 0.4) is 0 Å². The van der Waals surface area contributed by atoms with E-state index in [1.54, 1.807) is 30.0 Å². The molecule has 2 aromatic rings. The van der Waals surface area contributed by atoms with Gasteiger partial charge in [-0.2, -0.15) is 11.8 Å². The minimum Gasteiger partial charge on any atom is -0.496 e. The molecule has 6 nitrogen and oxygen atoms in total. The Kier molecular flexibility index (Phi) is 8.51. The standard InChI is InChI=1S/C20H23NO5S/c1-24-16-9-6-10-17(25-2)19(16)20(23)26-13-18(22)21-11-12-27-14-15-7-4-3-5-8-15/h3-10H,11-14H2,1-2H3,(H,21,22). The van der Waals surface area contributed by atoms with Crippen molar-refractivity contribution in [2.45, 2.75) is 5.75 Å². The Balaban J connectivity index is 1.72. The minimum absolute atomic E-state index is 0.161. The van der Waals surface area contributed by atoms with Crippen molar-refractivity contribution in [1.29, 1.82) is 0 Å². The molecule has 1 N–H and O–H groups in total. The number of nitrogens with one attached hydrogen (secondary N) is 1. The van der Waals surface area contributed by atoms with Crippen molar-refractivity contribution < 1.29 is 23.8 Å². The van der Waals surface area contributed by atoms with Gasteiger partial charge in [0.2, 0.25) is 0 Å². The van der Waals surface area contributed by atoms with Crippen LogP contribution in [0.25, 0.3) is 0 Å². The second kappa shape index (κ2) is 11.1. The van der Waals surface area contributed by atoms with Gasteiger partial charge in [0.15, 0.2) is 6.61 Å². The highest BCUT2D eigenvalue weighted by atomic mass is 32.2. The molecule has 0 heterocycles. The molecule has 144 valence electrons. The molecule has 27 heavy (non-hydrogen) atoms. The first kappa shape index (κ1) is 20.6. The lowest BCUT2D eigenvalue weighted by molar-refractivity contribution is -0.124. The first-order valence-electron chi connectivity index (χ1n) is 8.42. The quantitative estimate of drug-likeness (QED) is 0.498. The van der Waals surface area contributed by atoms with Crippen molar-refractivity contribution in [3.8, 4) is 11.5 Å². The number of thioether (sulfide) groups is 1. The van der Waals surface area contributed by atoms with Crippen molar-refractivity contribution in [3.63, 3.8) is 0 Å². The van der Waals surface area contributed by atoms with Gasteiger partial charge < -0.3 is 19.5 Å². The molecule has 0 spiro atoms. The van der Waals surface area contributed by atoms with Gasteiger partial charge in [0, 0.05) is 18.1 Å². The van der Waals surface area contributed by atoms with E-state index in [-0.39, 0.29) is 18.1 Å². The highest BCUT2D eigenvalue weighted by Crippen LogP contribution is 2.28. The summed E-state index contributed by atoms with van der Waals surface area (Å²) in [5.74, 6) is 1.30. The molecule has 0 unspecified atom stereocenters. The van der Waals surface area contributed by atoms with Gasteiger partial charge in [0.1, 0.15) is 17.1 Å². The summed E-state index contributed by atoms with van der Waals surface area (Å²) in [6.45, 7) is 0.148. The summed E-state index contributed by atoms with van der Waals surface area (Å²) in [4.78, 5) is 24.1. The van der Waals surface area contributed by atoms with Crippen LogP contribution in [0, 0.1) is 0 Å². The van der Waals surface area contributed by atoms with Gasteiger partial charge in [-0.3, -0.25) is 4.79 Å². The monoisotopic (exact) mass is 389 g/mol. The normalized spacial score (nSPS) is 10.1. The van der Waals surface area contributed by atoms with Gasteiger partial charge >= 0.3 is 5.97 Å². The summed E-state index contributed by atoms with van der Waals surface area (Å²) < 4.78 is 15.4. The molecule has 0 saturated carbocycles. The molecule has 0 aliphatic heterocycles. The number of methoxy groups -OCH3 is 2. The second-order valence-corrected chi connectivity index (χ2v) is 6.61. The molecular formula is C20H23NO5S. The Morgan fingerprint density at radius 3 is 2.26 bits per heavy atom. The summed E-state index contributed by atoms with van der Waals surface area (Å²) in [6, 6.07) is 15.1. The predicted octanol–water partition coefficient (Wildman–Crippen LogP) is 2.91. The van der Waals surface area contributed by atoms with Crippen LogP contribution in [0.4, 0.5) is 0 Å². The number of amides is 1. The summed E-state index contributed by atoms with van der Waals surface area (Å²) in [7, 11) is 2.90. The van der Waals surface area contributed by atoms with Crippen molar-refractivity contribution in [1.82, 2.24) is 5.32 Å². The maximum absolute atomic E-state index is 12.3. The molecule has 0 radical (unpaired) electrons. The molecular weight excluding hydrogens is 366 g/mol. The van der Waals surface area contributed by atoms with Gasteiger partial charge in [0.25, 0.3) is 5.91 Å². The van der Waals surface area contributed by atoms with Gasteiger partial charge in [-0.1, -0.05) is 36.4 Å². The van der Waals surface area contributed by atoms with Crippen LogP contribution in [0.5, 0.6) is 11.5 Å². The topological polar surface area (TPSA) is 73.9 Å². The van der Waals surface area contributed by atoms with Crippen LogP contribution in [0.2, 0.25) is 0 Å². The Hall–Kier alpha value is -2.67. The lowest BCUT2D eigenvalue weighted by Crippen LogP contribution is -2.30. The number of esters is 1. The van der Waals surface area contributed by atoms with Crippen molar-refractivity contribution >= 4 is 23.6 Å². The SMILES string of the molecule is COc1cccc(OC)c1C(=O)OCC(=O)NCCSCc1ccccc1. The summed E-state index contributed by atoms with van der Waals surface area (Å²) in [5.41, 5.74) is 1.40. The largest absolute Gasteiger partial charge is 0.496 e. The predicted molar refractivity (Wildman–Crippen MR) is 105 cm³/mol. The number of benzene rings is 2. The Morgan fingerprint density at radius 1 is 0.963 bits per heavy atom. The van der Waals surface area contributed by atoms with Crippen molar-refractivity contribution in [3.05, 3.63) is 59.7 Å². The van der Waals surface area contributed by atoms with Crippen LogP contribution >= 0.6 is 11.8 Å². The van der Waals surface area contributed by atoms with E-state index >= 15 is 0 Å². The van der Waals surface area contributed by atoms with E-state index in [0.717, 1.165) is 11.5 Å². The Bertz CT molecular complexity index is 729. The fraction of sp³-hybridized carbons (Fsp3) is 0.300. The van der Waals surface area contributed by atoms with Gasteiger partial charge in [0.05, 0.1) is 14.2 Å². The molecule has 2 aromatic carbocycles. The average Bonchev–Trinajstić information content (AvgIpc) is 2.71. The van der Waals surface area contributed by atoms with Gasteiger partial charge in [-0.25, -0.2) is 4.79 Å². The van der Waals surface area contributed by atoms with E-state index in [2.05, 4.69) is 17.4 Å². The first-order valence-corrected chi connectivity index (χ1v) is 9.57. The average molecular weight is 389 g/mol. The lowest BCUT2D eigenvalue weighted by Gasteiger charge is -2.12. The molecule has 2 rings (SSSR count). The highest BCUT2D eigenvalue weighted by Gasteiger charge is 2.20. The zero-order chi connectivity index (χ0) is 19.5. The van der Waals surface area contributed by atoms with E-state index in [4.69, 9.17) is 14.2 Å². The third-order valence-electron chi connectivity index (χ3n) is 3.65. The maximum Gasteiger partial charge on any atom is 0.346 e. The van der Waals surface area contributed by atoms with Crippen LogP contribution < -0.4 is 14.8 Å². The number of ether oxygens (including phenoxy) is 3. The molecule has 0 aromatic heterocycles. The maximum atomic E-state index is 12.3. The number of hydrogen-bond donors (Lipinski definition) is 1. The van der Waals surface area contributed by atoms with Crippen LogP contribution in [0.1, 0.15) is 15.9 Å². The lowest BCUT2D eigenvalue weighted by atomic mass is 10.2. The fourth-order valence-electron chi connectivity index (χ4n) is 2.33.